The molecule has 0 saturated carbocycles. The number of nitrogens with one attached hydrogen (secondary N) is 1. The first-order chi connectivity index (χ1) is 9.19. The number of fused-ring (bicyclic) bond motifs is 1. The van der Waals surface area contributed by atoms with Crippen LogP contribution in [0.1, 0.15) is 40.0 Å². The molecular weight excluding hydrogens is 264 g/mol. The summed E-state index contributed by atoms with van der Waals surface area (Å²) < 4.78 is 5.11. The van der Waals surface area contributed by atoms with Crippen LogP contribution in [0.15, 0.2) is 0 Å². The Labute approximate surface area is 117 Å². The molecular formula is C13H20N2O5. The summed E-state index contributed by atoms with van der Waals surface area (Å²) in [7, 11) is 0. The van der Waals surface area contributed by atoms with Crippen LogP contribution in [-0.2, 0) is 14.3 Å². The van der Waals surface area contributed by atoms with Gasteiger partial charge in [0.15, 0.2) is 0 Å². The standard InChI is InChI=1S/C13H20N2O5/c1-13(2,3)20-12(19)14-8-6-7-4-5-9(11(17)18)15(7)10(8)16/h7-9H,4-6H2,1-3H3,(H,14,19)(H,17,18)/t7-,8+,9+/m1/s1. The summed E-state index contributed by atoms with van der Waals surface area (Å²) in [5.74, 6) is -1.32. The summed E-state index contributed by atoms with van der Waals surface area (Å²) in [6, 6.07) is -1.54. The van der Waals surface area contributed by atoms with Crippen molar-refractivity contribution in [1.82, 2.24) is 10.2 Å². The molecule has 0 bridgehead atoms. The van der Waals surface area contributed by atoms with Crippen molar-refractivity contribution < 1.29 is 24.2 Å². The van der Waals surface area contributed by atoms with Crippen molar-refractivity contribution in [2.45, 2.75) is 63.8 Å². The lowest BCUT2D eigenvalue weighted by Gasteiger charge is -2.22. The highest BCUT2D eigenvalue weighted by atomic mass is 16.6. The van der Waals surface area contributed by atoms with Gasteiger partial charge >= 0.3 is 12.1 Å². The molecule has 2 heterocycles. The van der Waals surface area contributed by atoms with Gasteiger partial charge in [0.2, 0.25) is 5.91 Å². The number of aliphatic carboxylic acids is 1. The third kappa shape index (κ3) is 2.86. The van der Waals surface area contributed by atoms with Crippen molar-refractivity contribution in [3.8, 4) is 0 Å². The molecule has 7 heteroatoms. The lowest BCUT2D eigenvalue weighted by atomic mass is 10.1. The van der Waals surface area contributed by atoms with E-state index in [0.717, 1.165) is 0 Å². The van der Waals surface area contributed by atoms with Crippen LogP contribution in [0.5, 0.6) is 0 Å². The SMILES string of the molecule is CC(C)(C)OC(=O)N[C@H]1C[C@H]2CC[C@@H](C(=O)O)N2C1=O. The molecule has 112 valence electrons. The Kier molecular flexibility index (Phi) is 3.62. The normalized spacial score (nSPS) is 29.2. The summed E-state index contributed by atoms with van der Waals surface area (Å²) in [5, 5.41) is 11.6. The second-order valence-corrected chi connectivity index (χ2v) is 6.27. The number of hydrogen-bond acceptors (Lipinski definition) is 4. The molecule has 2 aliphatic heterocycles. The number of amides is 2. The summed E-state index contributed by atoms with van der Waals surface area (Å²) in [5.41, 5.74) is -0.633. The monoisotopic (exact) mass is 284 g/mol. The minimum atomic E-state index is -0.987. The minimum absolute atomic E-state index is 0.0939. The Balaban J connectivity index is 1.98. The quantitative estimate of drug-likeness (QED) is 0.779. The summed E-state index contributed by atoms with van der Waals surface area (Å²) >= 11 is 0. The molecule has 0 aromatic heterocycles. The van der Waals surface area contributed by atoms with Gasteiger partial charge in [0, 0.05) is 6.04 Å². The molecule has 2 rings (SSSR count). The predicted octanol–water partition coefficient (Wildman–Crippen LogP) is 0.728. The van der Waals surface area contributed by atoms with Gasteiger partial charge in [-0.2, -0.15) is 0 Å². The van der Waals surface area contributed by atoms with E-state index in [0.29, 0.717) is 19.3 Å². The van der Waals surface area contributed by atoms with Gasteiger partial charge in [0.05, 0.1) is 0 Å². The van der Waals surface area contributed by atoms with Crippen LogP contribution in [0.25, 0.3) is 0 Å². The molecule has 0 spiro atoms. The van der Waals surface area contributed by atoms with Crippen LogP contribution in [0.4, 0.5) is 4.79 Å². The first-order valence-corrected chi connectivity index (χ1v) is 6.73. The molecule has 3 atom stereocenters. The van der Waals surface area contributed by atoms with E-state index in [2.05, 4.69) is 5.32 Å². The largest absolute Gasteiger partial charge is 0.480 e. The number of carboxylic acids is 1. The molecule has 0 unspecified atom stereocenters. The molecule has 2 aliphatic rings. The average Bonchev–Trinajstić information content (AvgIpc) is 2.78. The topological polar surface area (TPSA) is 95.9 Å². The molecule has 2 amide bonds. The summed E-state index contributed by atoms with van der Waals surface area (Å²) in [6.07, 6.45) is 0.936. The van der Waals surface area contributed by atoms with Crippen molar-refractivity contribution >= 4 is 18.0 Å². The van der Waals surface area contributed by atoms with E-state index >= 15 is 0 Å². The predicted molar refractivity (Wildman–Crippen MR) is 69.1 cm³/mol. The average molecular weight is 284 g/mol. The highest BCUT2D eigenvalue weighted by Gasteiger charge is 2.49. The Morgan fingerprint density at radius 3 is 2.55 bits per heavy atom. The van der Waals surface area contributed by atoms with Crippen LogP contribution in [-0.4, -0.2) is 51.7 Å². The Morgan fingerprint density at radius 2 is 2.00 bits per heavy atom. The molecule has 0 aliphatic carbocycles. The highest BCUT2D eigenvalue weighted by molar-refractivity contribution is 5.92. The van der Waals surface area contributed by atoms with Gasteiger partial charge in [-0.1, -0.05) is 0 Å². The van der Waals surface area contributed by atoms with E-state index in [1.54, 1.807) is 20.8 Å². The van der Waals surface area contributed by atoms with Gasteiger partial charge in [0.1, 0.15) is 17.7 Å². The molecule has 2 N–H and O–H groups in total. The molecule has 7 nitrogen and oxygen atoms in total. The maximum Gasteiger partial charge on any atom is 0.408 e. The fraction of sp³-hybridized carbons (Fsp3) is 0.769. The Morgan fingerprint density at radius 1 is 1.35 bits per heavy atom. The zero-order valence-corrected chi connectivity index (χ0v) is 11.9. The minimum Gasteiger partial charge on any atom is -0.480 e. The number of hydrogen-bond donors (Lipinski definition) is 2. The molecule has 0 aromatic rings. The molecule has 0 aromatic carbocycles. The van der Waals surface area contributed by atoms with Gasteiger partial charge in [-0.15, -0.1) is 0 Å². The van der Waals surface area contributed by atoms with Gasteiger partial charge in [-0.25, -0.2) is 9.59 Å². The first kappa shape index (κ1) is 14.6. The molecule has 2 fully saturated rings. The molecule has 20 heavy (non-hydrogen) atoms. The van der Waals surface area contributed by atoms with Crippen LogP contribution in [0.2, 0.25) is 0 Å². The van der Waals surface area contributed by atoms with Crippen molar-refractivity contribution in [2.24, 2.45) is 0 Å². The van der Waals surface area contributed by atoms with Crippen molar-refractivity contribution in [3.63, 3.8) is 0 Å². The number of alkyl carbamates (subject to hydrolysis) is 1. The maximum atomic E-state index is 12.2. The highest BCUT2D eigenvalue weighted by Crippen LogP contribution is 2.33. The summed E-state index contributed by atoms with van der Waals surface area (Å²) in [6.45, 7) is 5.21. The van der Waals surface area contributed by atoms with Gasteiger partial charge in [-0.3, -0.25) is 4.79 Å². The Hall–Kier alpha value is -1.79. The van der Waals surface area contributed by atoms with Crippen LogP contribution >= 0.6 is 0 Å². The lowest BCUT2D eigenvalue weighted by molar-refractivity contribution is -0.147. The zero-order valence-electron chi connectivity index (χ0n) is 11.9. The smallest absolute Gasteiger partial charge is 0.408 e. The second-order valence-electron chi connectivity index (χ2n) is 6.27. The Bertz CT molecular complexity index is 443. The zero-order chi connectivity index (χ0) is 15.1. The van der Waals surface area contributed by atoms with Gasteiger partial charge in [-0.05, 0) is 40.0 Å². The van der Waals surface area contributed by atoms with Crippen molar-refractivity contribution in [2.75, 3.05) is 0 Å². The van der Waals surface area contributed by atoms with Crippen molar-refractivity contribution in [3.05, 3.63) is 0 Å². The fourth-order valence-electron chi connectivity index (χ4n) is 2.81. The van der Waals surface area contributed by atoms with Crippen molar-refractivity contribution in [1.29, 1.82) is 0 Å². The number of carbonyl (C=O) groups excluding carboxylic acids is 2. The van der Waals surface area contributed by atoms with E-state index in [-0.39, 0.29) is 11.9 Å². The molecule has 0 radical (unpaired) electrons. The van der Waals surface area contributed by atoms with E-state index < -0.39 is 29.7 Å². The third-order valence-corrected chi connectivity index (χ3v) is 3.54. The van der Waals surface area contributed by atoms with E-state index in [4.69, 9.17) is 9.84 Å². The van der Waals surface area contributed by atoms with E-state index in [1.165, 1.54) is 4.90 Å². The van der Waals surface area contributed by atoms with Gasteiger partial charge in [0.25, 0.3) is 0 Å². The van der Waals surface area contributed by atoms with E-state index in [9.17, 15) is 14.4 Å². The number of carboxylic acid groups (broad SMARTS) is 1. The number of carbonyl (C=O) groups is 3. The number of ether oxygens (including phenoxy) is 1. The lowest BCUT2D eigenvalue weighted by Crippen LogP contribution is -2.47. The summed E-state index contributed by atoms with van der Waals surface area (Å²) in [4.78, 5) is 36.4. The molecule has 2 saturated heterocycles. The van der Waals surface area contributed by atoms with Crippen LogP contribution < -0.4 is 5.32 Å². The second kappa shape index (κ2) is 4.96. The van der Waals surface area contributed by atoms with Crippen LogP contribution in [0, 0.1) is 0 Å². The maximum absolute atomic E-state index is 12.2. The van der Waals surface area contributed by atoms with E-state index in [1.807, 2.05) is 0 Å². The third-order valence-electron chi connectivity index (χ3n) is 3.54. The number of nitrogens with zero attached hydrogens (tertiary/aromatic N) is 1. The van der Waals surface area contributed by atoms with Crippen LogP contribution in [0.3, 0.4) is 0 Å². The fourth-order valence-corrected chi connectivity index (χ4v) is 2.81. The first-order valence-electron chi connectivity index (χ1n) is 6.73. The van der Waals surface area contributed by atoms with Gasteiger partial charge < -0.3 is 20.1 Å². The number of rotatable bonds is 2.